The van der Waals surface area contributed by atoms with E-state index in [9.17, 15) is 0 Å². The molecule has 0 aliphatic carbocycles. The molecule has 0 unspecified atom stereocenters. The van der Waals surface area contributed by atoms with Crippen LogP contribution in [0.4, 0.5) is 5.69 Å². The Balaban J connectivity index is 2.65. The Labute approximate surface area is 97.4 Å². The molecular weight excluding hydrogens is 202 g/mol. The second kappa shape index (κ2) is 4.70. The van der Waals surface area contributed by atoms with Crippen molar-refractivity contribution in [3.8, 4) is 5.88 Å². The lowest BCUT2D eigenvalue weighted by Crippen LogP contribution is -2.43. The summed E-state index contributed by atoms with van der Waals surface area (Å²) in [5.74, 6) is 0.627. The fourth-order valence-corrected chi connectivity index (χ4v) is 0.999. The van der Waals surface area contributed by atoms with Crippen molar-refractivity contribution >= 4 is 5.69 Å². The molecule has 1 heterocycles. The van der Waals surface area contributed by atoms with Crippen molar-refractivity contribution < 1.29 is 4.74 Å². The van der Waals surface area contributed by atoms with Gasteiger partial charge in [0.2, 0.25) is 5.88 Å². The normalized spacial score (nSPS) is 11.9. The van der Waals surface area contributed by atoms with Gasteiger partial charge in [-0.05, 0) is 40.4 Å². The van der Waals surface area contributed by atoms with Crippen LogP contribution in [0.3, 0.4) is 0 Å². The molecule has 4 heteroatoms. The average Bonchev–Trinajstić information content (AvgIpc) is 2.20. The van der Waals surface area contributed by atoms with Crippen LogP contribution in [0.1, 0.15) is 19.4 Å². The van der Waals surface area contributed by atoms with Crippen molar-refractivity contribution in [2.45, 2.75) is 26.3 Å². The van der Waals surface area contributed by atoms with Gasteiger partial charge in [0.1, 0.15) is 6.61 Å². The number of nitrogens with two attached hydrogens (primary N) is 1. The maximum absolute atomic E-state index is 5.69. The van der Waals surface area contributed by atoms with E-state index in [2.05, 4.69) is 23.7 Å². The third-order valence-corrected chi connectivity index (χ3v) is 2.91. The van der Waals surface area contributed by atoms with Crippen molar-refractivity contribution in [1.82, 2.24) is 9.88 Å². The summed E-state index contributed by atoms with van der Waals surface area (Å²) in [5.41, 5.74) is 7.36. The largest absolute Gasteiger partial charge is 0.476 e. The number of nitrogen functional groups attached to an aromatic ring is 1. The van der Waals surface area contributed by atoms with Gasteiger partial charge >= 0.3 is 0 Å². The molecule has 0 saturated heterocycles. The summed E-state index contributed by atoms with van der Waals surface area (Å²) in [7, 11) is 4.07. The van der Waals surface area contributed by atoms with Crippen LogP contribution >= 0.6 is 0 Å². The number of aromatic nitrogens is 1. The van der Waals surface area contributed by atoms with Crippen LogP contribution < -0.4 is 10.5 Å². The Morgan fingerprint density at radius 3 is 2.56 bits per heavy atom. The number of likely N-dealkylation sites (N-methyl/N-ethyl adjacent to an activating group) is 1. The van der Waals surface area contributed by atoms with Gasteiger partial charge in [0, 0.05) is 11.6 Å². The molecule has 0 aliphatic heterocycles. The van der Waals surface area contributed by atoms with Gasteiger partial charge in [0.05, 0.1) is 11.9 Å². The molecule has 16 heavy (non-hydrogen) atoms. The number of hydrogen-bond acceptors (Lipinski definition) is 4. The number of anilines is 1. The van der Waals surface area contributed by atoms with E-state index in [1.807, 2.05) is 27.1 Å². The van der Waals surface area contributed by atoms with Crippen LogP contribution in [0, 0.1) is 6.92 Å². The molecule has 0 aliphatic rings. The van der Waals surface area contributed by atoms with Crippen LogP contribution in [0.15, 0.2) is 12.3 Å². The van der Waals surface area contributed by atoms with Crippen molar-refractivity contribution in [3.05, 3.63) is 17.8 Å². The van der Waals surface area contributed by atoms with E-state index in [0.717, 1.165) is 5.56 Å². The zero-order valence-electron chi connectivity index (χ0n) is 10.7. The fraction of sp³-hybridized carbons (Fsp3) is 0.583. The lowest BCUT2D eigenvalue weighted by Gasteiger charge is -2.31. The van der Waals surface area contributed by atoms with Crippen molar-refractivity contribution in [2.75, 3.05) is 26.4 Å². The summed E-state index contributed by atoms with van der Waals surface area (Å²) in [6.07, 6.45) is 1.63. The SMILES string of the molecule is Cc1cc(OCC(C)(C)N(C)C)ncc1N. The highest BCUT2D eigenvalue weighted by Gasteiger charge is 2.21. The molecule has 4 nitrogen and oxygen atoms in total. The van der Waals surface area contributed by atoms with Crippen LogP contribution in [0.5, 0.6) is 5.88 Å². The van der Waals surface area contributed by atoms with Gasteiger partial charge in [-0.15, -0.1) is 0 Å². The molecule has 0 spiro atoms. The first-order valence-electron chi connectivity index (χ1n) is 5.35. The number of aryl methyl sites for hydroxylation is 1. The Bertz CT molecular complexity index is 361. The van der Waals surface area contributed by atoms with E-state index < -0.39 is 0 Å². The third kappa shape index (κ3) is 3.10. The lowest BCUT2D eigenvalue weighted by atomic mass is 10.1. The first kappa shape index (κ1) is 12.8. The number of pyridine rings is 1. The third-order valence-electron chi connectivity index (χ3n) is 2.91. The zero-order chi connectivity index (χ0) is 12.3. The van der Waals surface area contributed by atoms with Crippen molar-refractivity contribution in [1.29, 1.82) is 0 Å². The quantitative estimate of drug-likeness (QED) is 0.844. The maximum atomic E-state index is 5.69. The van der Waals surface area contributed by atoms with E-state index in [1.54, 1.807) is 6.20 Å². The molecule has 1 aromatic rings. The molecule has 0 atom stereocenters. The summed E-state index contributed by atoms with van der Waals surface area (Å²) in [6.45, 7) is 6.78. The Hall–Kier alpha value is -1.29. The Morgan fingerprint density at radius 1 is 1.44 bits per heavy atom. The molecule has 90 valence electrons. The molecule has 0 bridgehead atoms. The predicted molar refractivity (Wildman–Crippen MR) is 66.6 cm³/mol. The number of rotatable bonds is 4. The first-order chi connectivity index (χ1) is 7.33. The molecule has 0 saturated carbocycles. The second-order valence-corrected chi connectivity index (χ2v) is 4.87. The Morgan fingerprint density at radius 2 is 2.06 bits per heavy atom. The number of nitrogens with zero attached hydrogens (tertiary/aromatic N) is 2. The molecule has 0 aromatic carbocycles. The van der Waals surface area contributed by atoms with Gasteiger partial charge in [-0.3, -0.25) is 0 Å². The van der Waals surface area contributed by atoms with E-state index in [4.69, 9.17) is 10.5 Å². The molecule has 1 aromatic heterocycles. The highest BCUT2D eigenvalue weighted by molar-refractivity contribution is 5.45. The Kier molecular flexibility index (Phi) is 3.75. The van der Waals surface area contributed by atoms with E-state index >= 15 is 0 Å². The van der Waals surface area contributed by atoms with Gasteiger partial charge in [0.15, 0.2) is 0 Å². The van der Waals surface area contributed by atoms with Gasteiger partial charge < -0.3 is 15.4 Å². The highest BCUT2D eigenvalue weighted by atomic mass is 16.5. The molecule has 0 radical (unpaired) electrons. The summed E-state index contributed by atoms with van der Waals surface area (Å²) < 4.78 is 5.66. The summed E-state index contributed by atoms with van der Waals surface area (Å²) in [5, 5.41) is 0. The smallest absolute Gasteiger partial charge is 0.213 e. The number of hydrogen-bond donors (Lipinski definition) is 1. The van der Waals surface area contributed by atoms with E-state index in [0.29, 0.717) is 18.2 Å². The summed E-state index contributed by atoms with van der Waals surface area (Å²) in [6, 6.07) is 1.86. The summed E-state index contributed by atoms with van der Waals surface area (Å²) >= 11 is 0. The fourth-order valence-electron chi connectivity index (χ4n) is 0.999. The van der Waals surface area contributed by atoms with Crippen LogP contribution in [0.25, 0.3) is 0 Å². The minimum Gasteiger partial charge on any atom is -0.476 e. The standard InChI is InChI=1S/C12H21N3O/c1-9-6-11(14-7-10(9)13)16-8-12(2,3)15(4)5/h6-7H,8,13H2,1-5H3. The van der Waals surface area contributed by atoms with Crippen molar-refractivity contribution in [2.24, 2.45) is 0 Å². The zero-order valence-corrected chi connectivity index (χ0v) is 10.7. The van der Waals surface area contributed by atoms with Gasteiger partial charge in [-0.2, -0.15) is 0 Å². The molecule has 0 amide bonds. The topological polar surface area (TPSA) is 51.4 Å². The minimum absolute atomic E-state index is 0.0169. The van der Waals surface area contributed by atoms with Crippen LogP contribution in [0.2, 0.25) is 0 Å². The highest BCUT2D eigenvalue weighted by Crippen LogP contribution is 2.17. The first-order valence-corrected chi connectivity index (χ1v) is 5.35. The van der Waals surface area contributed by atoms with Crippen LogP contribution in [-0.4, -0.2) is 36.1 Å². The van der Waals surface area contributed by atoms with Gasteiger partial charge in [0.25, 0.3) is 0 Å². The van der Waals surface area contributed by atoms with Gasteiger partial charge in [-0.1, -0.05) is 0 Å². The second-order valence-electron chi connectivity index (χ2n) is 4.87. The maximum Gasteiger partial charge on any atom is 0.213 e. The minimum atomic E-state index is -0.0169. The molecule has 0 fully saturated rings. The van der Waals surface area contributed by atoms with Crippen LogP contribution in [-0.2, 0) is 0 Å². The van der Waals surface area contributed by atoms with Crippen molar-refractivity contribution in [3.63, 3.8) is 0 Å². The predicted octanol–water partition coefficient (Wildman–Crippen LogP) is 1.69. The van der Waals surface area contributed by atoms with Gasteiger partial charge in [-0.25, -0.2) is 4.98 Å². The lowest BCUT2D eigenvalue weighted by molar-refractivity contribution is 0.111. The molecule has 1 rings (SSSR count). The molecule has 2 N–H and O–H groups in total. The van der Waals surface area contributed by atoms with E-state index in [1.165, 1.54) is 0 Å². The number of ether oxygens (including phenoxy) is 1. The monoisotopic (exact) mass is 223 g/mol. The average molecular weight is 223 g/mol. The van der Waals surface area contributed by atoms with E-state index in [-0.39, 0.29) is 5.54 Å². The molecular formula is C12H21N3O. The summed E-state index contributed by atoms with van der Waals surface area (Å²) in [4.78, 5) is 6.26.